The van der Waals surface area contributed by atoms with Crippen molar-refractivity contribution in [2.24, 2.45) is 4.99 Å². The quantitative estimate of drug-likeness (QED) is 0.659. The Morgan fingerprint density at radius 1 is 1.14 bits per heavy atom. The van der Waals surface area contributed by atoms with E-state index in [0.29, 0.717) is 12.2 Å². The van der Waals surface area contributed by atoms with Crippen molar-refractivity contribution in [3.8, 4) is 0 Å². The zero-order chi connectivity index (χ0) is 21.0. The summed E-state index contributed by atoms with van der Waals surface area (Å²) in [5, 5.41) is 0.850. The second-order valence-electron chi connectivity index (χ2n) is 6.89. The van der Waals surface area contributed by atoms with Crippen LogP contribution in [0.25, 0.3) is 0 Å². The molecule has 0 aliphatic carbocycles. The van der Waals surface area contributed by atoms with E-state index in [0.717, 1.165) is 27.8 Å². The Labute approximate surface area is 177 Å². The van der Waals surface area contributed by atoms with Crippen LogP contribution < -0.4 is 9.80 Å². The SMILES string of the molecule is CCOC(=O)C1=C(C)N(c2ccccc2)C(SC)=N[C@@H]1c1ccc(N(C)C)cc1. The van der Waals surface area contributed by atoms with Gasteiger partial charge < -0.3 is 9.64 Å². The number of rotatable bonds is 5. The van der Waals surface area contributed by atoms with Gasteiger partial charge in [0.05, 0.1) is 12.2 Å². The monoisotopic (exact) mass is 409 g/mol. The fourth-order valence-corrected chi connectivity index (χ4v) is 4.02. The minimum absolute atomic E-state index is 0.323. The largest absolute Gasteiger partial charge is 0.463 e. The number of carbonyl (C=O) groups is 1. The van der Waals surface area contributed by atoms with E-state index in [1.54, 1.807) is 11.8 Å². The molecule has 1 aliphatic heterocycles. The van der Waals surface area contributed by atoms with Crippen LogP contribution in [-0.2, 0) is 9.53 Å². The first-order valence-electron chi connectivity index (χ1n) is 9.60. The van der Waals surface area contributed by atoms with Gasteiger partial charge >= 0.3 is 5.97 Å². The molecule has 1 heterocycles. The number of hydrogen-bond acceptors (Lipinski definition) is 6. The Balaban J connectivity index is 2.12. The van der Waals surface area contributed by atoms with E-state index in [1.165, 1.54) is 0 Å². The lowest BCUT2D eigenvalue weighted by Gasteiger charge is -2.34. The van der Waals surface area contributed by atoms with Crippen molar-refractivity contribution in [1.29, 1.82) is 0 Å². The second-order valence-corrected chi connectivity index (χ2v) is 7.67. The Kier molecular flexibility index (Phi) is 6.64. The van der Waals surface area contributed by atoms with Gasteiger partial charge in [0.1, 0.15) is 6.04 Å². The molecule has 0 saturated carbocycles. The third kappa shape index (κ3) is 4.32. The summed E-state index contributed by atoms with van der Waals surface area (Å²) in [6.45, 7) is 4.11. The number of thioether (sulfide) groups is 1. The molecule has 0 amide bonds. The number of nitrogens with zero attached hydrogens (tertiary/aromatic N) is 3. The molecule has 152 valence electrons. The normalized spacial score (nSPS) is 16.5. The fourth-order valence-electron chi connectivity index (χ4n) is 3.38. The maximum Gasteiger partial charge on any atom is 0.338 e. The molecule has 0 spiro atoms. The number of carbonyl (C=O) groups excluding carboxylic acids is 1. The third-order valence-electron chi connectivity index (χ3n) is 4.85. The summed E-state index contributed by atoms with van der Waals surface area (Å²) < 4.78 is 5.41. The maximum absolute atomic E-state index is 12.9. The van der Waals surface area contributed by atoms with Crippen molar-refractivity contribution >= 4 is 34.3 Å². The average Bonchev–Trinajstić information content (AvgIpc) is 2.73. The van der Waals surface area contributed by atoms with Crippen molar-refractivity contribution in [2.75, 3.05) is 36.8 Å². The predicted molar refractivity (Wildman–Crippen MR) is 123 cm³/mol. The Hall–Kier alpha value is -2.73. The van der Waals surface area contributed by atoms with E-state index < -0.39 is 6.04 Å². The Morgan fingerprint density at radius 3 is 2.34 bits per heavy atom. The first-order valence-corrected chi connectivity index (χ1v) is 10.8. The van der Waals surface area contributed by atoms with Gasteiger partial charge in [-0.3, -0.25) is 4.90 Å². The maximum atomic E-state index is 12.9. The zero-order valence-corrected chi connectivity index (χ0v) is 18.4. The van der Waals surface area contributed by atoms with Crippen LogP contribution in [0.5, 0.6) is 0 Å². The molecular formula is C23H27N3O2S. The molecule has 2 aromatic rings. The Bertz CT molecular complexity index is 921. The van der Waals surface area contributed by atoms with E-state index in [4.69, 9.17) is 9.73 Å². The number of amidine groups is 1. The van der Waals surface area contributed by atoms with E-state index in [9.17, 15) is 4.79 Å². The molecule has 2 aromatic carbocycles. The van der Waals surface area contributed by atoms with Gasteiger partial charge in [-0.2, -0.15) is 0 Å². The number of allylic oxidation sites excluding steroid dienone is 1. The van der Waals surface area contributed by atoms with Gasteiger partial charge in [0.25, 0.3) is 0 Å². The summed E-state index contributed by atoms with van der Waals surface area (Å²) in [4.78, 5) is 22.0. The van der Waals surface area contributed by atoms with Crippen molar-refractivity contribution in [3.63, 3.8) is 0 Å². The van der Waals surface area contributed by atoms with Crippen LogP contribution in [-0.4, -0.2) is 38.1 Å². The predicted octanol–water partition coefficient (Wildman–Crippen LogP) is 4.87. The van der Waals surface area contributed by atoms with E-state index in [1.807, 2.05) is 98.6 Å². The average molecular weight is 410 g/mol. The minimum atomic E-state index is -0.396. The van der Waals surface area contributed by atoms with Gasteiger partial charge in [-0.1, -0.05) is 42.1 Å². The summed E-state index contributed by atoms with van der Waals surface area (Å²) in [6.07, 6.45) is 2.00. The van der Waals surface area contributed by atoms with Crippen LogP contribution in [0, 0.1) is 0 Å². The van der Waals surface area contributed by atoms with Gasteiger partial charge in [0.15, 0.2) is 5.17 Å². The van der Waals surface area contributed by atoms with Crippen molar-refractivity contribution in [3.05, 3.63) is 71.4 Å². The van der Waals surface area contributed by atoms with Crippen LogP contribution in [0.3, 0.4) is 0 Å². The first kappa shape index (κ1) is 21.0. The van der Waals surface area contributed by atoms with Crippen molar-refractivity contribution < 1.29 is 9.53 Å². The number of para-hydroxylation sites is 1. The highest BCUT2D eigenvalue weighted by Crippen LogP contribution is 2.39. The first-order chi connectivity index (χ1) is 14.0. The highest BCUT2D eigenvalue weighted by atomic mass is 32.2. The molecule has 0 unspecified atom stereocenters. The summed E-state index contributed by atoms with van der Waals surface area (Å²) in [7, 11) is 4.01. The van der Waals surface area contributed by atoms with Crippen molar-refractivity contribution in [2.45, 2.75) is 19.9 Å². The van der Waals surface area contributed by atoms with Gasteiger partial charge in [0, 0.05) is 31.2 Å². The molecule has 29 heavy (non-hydrogen) atoms. The molecular weight excluding hydrogens is 382 g/mol. The van der Waals surface area contributed by atoms with Gasteiger partial charge in [-0.25, -0.2) is 9.79 Å². The van der Waals surface area contributed by atoms with Gasteiger partial charge in [0.2, 0.25) is 0 Å². The standard InChI is InChI=1S/C23H27N3O2S/c1-6-28-22(27)20-16(2)26(19-10-8-7-9-11-19)23(29-5)24-21(20)17-12-14-18(15-13-17)25(3)4/h7-15,21H,6H2,1-5H3/t21-/m1/s1. The van der Waals surface area contributed by atoms with Crippen LogP contribution in [0.15, 0.2) is 70.9 Å². The molecule has 3 rings (SSSR count). The molecule has 0 bridgehead atoms. The zero-order valence-electron chi connectivity index (χ0n) is 17.5. The topological polar surface area (TPSA) is 45.1 Å². The molecule has 0 saturated heterocycles. The Morgan fingerprint density at radius 2 is 1.79 bits per heavy atom. The van der Waals surface area contributed by atoms with E-state index in [2.05, 4.69) is 0 Å². The number of aliphatic imine (C=N–C) groups is 1. The van der Waals surface area contributed by atoms with Crippen molar-refractivity contribution in [1.82, 2.24) is 0 Å². The molecule has 0 fully saturated rings. The third-order valence-corrected chi connectivity index (χ3v) is 5.50. The van der Waals surface area contributed by atoms with Crippen LogP contribution in [0.2, 0.25) is 0 Å². The van der Waals surface area contributed by atoms with Crippen LogP contribution in [0.4, 0.5) is 11.4 Å². The summed E-state index contributed by atoms with van der Waals surface area (Å²) in [6, 6.07) is 17.7. The second kappa shape index (κ2) is 9.18. The molecule has 1 atom stereocenters. The number of ether oxygens (including phenoxy) is 1. The lowest BCUT2D eigenvalue weighted by Crippen LogP contribution is -2.35. The van der Waals surface area contributed by atoms with E-state index in [-0.39, 0.29) is 5.97 Å². The highest BCUT2D eigenvalue weighted by molar-refractivity contribution is 8.13. The van der Waals surface area contributed by atoms with Crippen LogP contribution in [0.1, 0.15) is 25.5 Å². The summed E-state index contributed by atoms with van der Waals surface area (Å²) in [5.74, 6) is -0.323. The highest BCUT2D eigenvalue weighted by Gasteiger charge is 2.34. The fraction of sp³-hybridized carbons (Fsp3) is 0.304. The summed E-state index contributed by atoms with van der Waals surface area (Å²) >= 11 is 1.57. The molecule has 5 nitrogen and oxygen atoms in total. The number of anilines is 2. The number of esters is 1. The number of hydrogen-bond donors (Lipinski definition) is 0. The molecule has 0 aromatic heterocycles. The van der Waals surface area contributed by atoms with Gasteiger partial charge in [-0.05, 0) is 49.9 Å². The van der Waals surface area contributed by atoms with E-state index >= 15 is 0 Å². The van der Waals surface area contributed by atoms with Crippen LogP contribution >= 0.6 is 11.8 Å². The van der Waals surface area contributed by atoms with Gasteiger partial charge in [-0.15, -0.1) is 0 Å². The molecule has 0 radical (unpaired) electrons. The minimum Gasteiger partial charge on any atom is -0.463 e. The molecule has 0 N–H and O–H groups in total. The smallest absolute Gasteiger partial charge is 0.338 e. The summed E-state index contributed by atoms with van der Waals surface area (Å²) in [5.41, 5.74) is 4.46. The lowest BCUT2D eigenvalue weighted by molar-refractivity contribution is -0.138. The lowest BCUT2D eigenvalue weighted by atomic mass is 9.95. The molecule has 6 heteroatoms. The molecule has 1 aliphatic rings. The number of benzene rings is 2.